The second kappa shape index (κ2) is 9.37. The zero-order valence-electron chi connectivity index (χ0n) is 17.0. The van der Waals surface area contributed by atoms with Crippen LogP contribution < -0.4 is 5.32 Å². The molecule has 0 aliphatic rings. The molecule has 3 aromatic rings. The van der Waals surface area contributed by atoms with E-state index in [1.807, 2.05) is 44.2 Å². The Labute approximate surface area is 170 Å². The van der Waals surface area contributed by atoms with Gasteiger partial charge in [0.1, 0.15) is 5.69 Å². The molecule has 1 amide bonds. The van der Waals surface area contributed by atoms with Gasteiger partial charge in [0.05, 0.1) is 12.5 Å². The Morgan fingerprint density at radius 1 is 1.10 bits per heavy atom. The number of nitrogens with zero attached hydrogens (tertiary/aromatic N) is 1. The van der Waals surface area contributed by atoms with Crippen molar-refractivity contribution < 1.29 is 18.8 Å². The van der Waals surface area contributed by atoms with Crippen LogP contribution in [0.4, 0.5) is 0 Å². The summed E-state index contributed by atoms with van der Waals surface area (Å²) >= 11 is 0. The van der Waals surface area contributed by atoms with E-state index < -0.39 is 5.97 Å². The molecule has 29 heavy (non-hydrogen) atoms. The first-order valence-electron chi connectivity index (χ1n) is 9.85. The van der Waals surface area contributed by atoms with Crippen LogP contribution in [0.2, 0.25) is 0 Å². The standard InChI is InChI=1S/C23H26N2O4/c1-4-16-9-11-17(12-10-16)23(15(2)3)24-21(26)14-28-22(27)13-19-18-7-5-6-8-20(18)29-25-19/h5-12,15,23H,4,13-14H2,1-3H3,(H,24,26)/t23-/m1/s1. The molecule has 0 saturated carbocycles. The topological polar surface area (TPSA) is 81.4 Å². The first kappa shape index (κ1) is 20.6. The number of esters is 1. The molecule has 1 heterocycles. The number of rotatable bonds is 8. The van der Waals surface area contributed by atoms with Crippen LogP contribution in [0.5, 0.6) is 0 Å². The highest BCUT2D eigenvalue weighted by Crippen LogP contribution is 2.22. The summed E-state index contributed by atoms with van der Waals surface area (Å²) in [5.41, 5.74) is 3.40. The first-order valence-corrected chi connectivity index (χ1v) is 9.85. The van der Waals surface area contributed by atoms with Crippen molar-refractivity contribution in [1.29, 1.82) is 0 Å². The van der Waals surface area contributed by atoms with Gasteiger partial charge in [0.2, 0.25) is 0 Å². The summed E-state index contributed by atoms with van der Waals surface area (Å²) in [6.07, 6.45) is 0.923. The zero-order valence-corrected chi connectivity index (χ0v) is 17.0. The molecule has 1 N–H and O–H groups in total. The van der Waals surface area contributed by atoms with Crippen LogP contribution in [-0.2, 0) is 27.2 Å². The third-order valence-electron chi connectivity index (χ3n) is 4.86. The monoisotopic (exact) mass is 394 g/mol. The number of para-hydroxylation sites is 1. The maximum Gasteiger partial charge on any atom is 0.312 e. The Balaban J connectivity index is 1.55. The Morgan fingerprint density at radius 3 is 2.52 bits per heavy atom. The molecule has 0 saturated heterocycles. The van der Waals surface area contributed by atoms with Gasteiger partial charge < -0.3 is 14.6 Å². The van der Waals surface area contributed by atoms with Crippen LogP contribution in [-0.4, -0.2) is 23.6 Å². The van der Waals surface area contributed by atoms with Crippen LogP contribution >= 0.6 is 0 Å². The van der Waals surface area contributed by atoms with E-state index in [1.54, 1.807) is 6.07 Å². The lowest BCUT2D eigenvalue weighted by Gasteiger charge is -2.23. The number of benzene rings is 2. The smallest absolute Gasteiger partial charge is 0.312 e. The average Bonchev–Trinajstić information content (AvgIpc) is 3.13. The number of hydrogen-bond acceptors (Lipinski definition) is 5. The molecule has 0 aliphatic carbocycles. The molecule has 1 aromatic heterocycles. The number of carbonyl (C=O) groups is 2. The number of fused-ring (bicyclic) bond motifs is 1. The zero-order chi connectivity index (χ0) is 20.8. The van der Waals surface area contributed by atoms with E-state index >= 15 is 0 Å². The van der Waals surface area contributed by atoms with Gasteiger partial charge in [-0.05, 0) is 35.6 Å². The predicted octanol–water partition coefficient (Wildman–Crippen LogP) is 3.99. The number of carbonyl (C=O) groups excluding carboxylic acids is 2. The maximum atomic E-state index is 12.4. The molecule has 0 spiro atoms. The minimum Gasteiger partial charge on any atom is -0.455 e. The molecule has 1 atom stereocenters. The fourth-order valence-electron chi connectivity index (χ4n) is 3.21. The van der Waals surface area contributed by atoms with Gasteiger partial charge in [0, 0.05) is 5.39 Å². The molecule has 6 nitrogen and oxygen atoms in total. The van der Waals surface area contributed by atoms with Crippen molar-refractivity contribution in [1.82, 2.24) is 10.5 Å². The van der Waals surface area contributed by atoms with Crippen molar-refractivity contribution in [3.63, 3.8) is 0 Å². The van der Waals surface area contributed by atoms with E-state index in [1.165, 1.54) is 5.56 Å². The molecule has 6 heteroatoms. The molecule has 152 valence electrons. The van der Waals surface area contributed by atoms with Gasteiger partial charge in [0.15, 0.2) is 12.2 Å². The Bertz CT molecular complexity index is 976. The van der Waals surface area contributed by atoms with Gasteiger partial charge in [-0.1, -0.05) is 62.3 Å². The second-order valence-electron chi connectivity index (χ2n) is 7.35. The highest BCUT2D eigenvalue weighted by Gasteiger charge is 2.20. The number of nitrogens with one attached hydrogen (secondary N) is 1. The van der Waals surface area contributed by atoms with Gasteiger partial charge in [0.25, 0.3) is 5.91 Å². The molecule has 0 unspecified atom stereocenters. The van der Waals surface area contributed by atoms with Crippen LogP contribution in [0.25, 0.3) is 11.0 Å². The van der Waals surface area contributed by atoms with E-state index in [9.17, 15) is 9.59 Å². The van der Waals surface area contributed by atoms with Gasteiger partial charge in [-0.2, -0.15) is 0 Å². The van der Waals surface area contributed by atoms with E-state index in [0.717, 1.165) is 17.4 Å². The molecule has 2 aromatic carbocycles. The number of ether oxygens (including phenoxy) is 1. The van der Waals surface area contributed by atoms with Crippen LogP contribution in [0.15, 0.2) is 53.1 Å². The lowest BCUT2D eigenvalue weighted by Crippen LogP contribution is -2.35. The first-order chi connectivity index (χ1) is 14.0. The van der Waals surface area contributed by atoms with Crippen LogP contribution in [0, 0.1) is 5.92 Å². The van der Waals surface area contributed by atoms with Crippen molar-refractivity contribution in [3.05, 3.63) is 65.4 Å². The van der Waals surface area contributed by atoms with Crippen molar-refractivity contribution in [2.45, 2.75) is 39.7 Å². The summed E-state index contributed by atoms with van der Waals surface area (Å²) in [5.74, 6) is -0.655. The van der Waals surface area contributed by atoms with Crippen molar-refractivity contribution in [2.75, 3.05) is 6.61 Å². The summed E-state index contributed by atoms with van der Waals surface area (Å²) in [5, 5.41) is 7.64. The quantitative estimate of drug-likeness (QED) is 0.584. The third kappa shape index (κ3) is 5.22. The summed E-state index contributed by atoms with van der Waals surface area (Å²) in [7, 11) is 0. The number of amides is 1. The highest BCUT2D eigenvalue weighted by atomic mass is 16.5. The Morgan fingerprint density at radius 2 is 1.83 bits per heavy atom. The fourth-order valence-corrected chi connectivity index (χ4v) is 3.21. The molecule has 0 aliphatic heterocycles. The Hall–Kier alpha value is -3.15. The lowest BCUT2D eigenvalue weighted by atomic mass is 9.95. The van der Waals surface area contributed by atoms with Crippen LogP contribution in [0.3, 0.4) is 0 Å². The normalized spacial score (nSPS) is 12.1. The molecule has 0 fully saturated rings. The number of aromatic nitrogens is 1. The van der Waals surface area contributed by atoms with Crippen molar-refractivity contribution in [3.8, 4) is 0 Å². The number of hydrogen-bond donors (Lipinski definition) is 1. The van der Waals surface area contributed by atoms with Gasteiger partial charge in [-0.25, -0.2) is 0 Å². The molecule has 0 radical (unpaired) electrons. The maximum absolute atomic E-state index is 12.4. The minimum atomic E-state index is -0.521. The molecular weight excluding hydrogens is 368 g/mol. The molecular formula is C23H26N2O4. The highest BCUT2D eigenvalue weighted by molar-refractivity contribution is 5.85. The minimum absolute atomic E-state index is 0.0453. The molecule has 0 bridgehead atoms. The van der Waals surface area contributed by atoms with Gasteiger partial charge >= 0.3 is 5.97 Å². The van der Waals surface area contributed by atoms with Crippen molar-refractivity contribution in [2.24, 2.45) is 5.92 Å². The summed E-state index contributed by atoms with van der Waals surface area (Å²) in [6, 6.07) is 15.4. The van der Waals surface area contributed by atoms with E-state index in [2.05, 4.69) is 29.5 Å². The van der Waals surface area contributed by atoms with Gasteiger partial charge in [-0.15, -0.1) is 0 Å². The lowest BCUT2D eigenvalue weighted by molar-refractivity contribution is -0.148. The summed E-state index contributed by atoms with van der Waals surface area (Å²) in [6.45, 7) is 5.86. The molecule has 3 rings (SSSR count). The largest absolute Gasteiger partial charge is 0.455 e. The van der Waals surface area contributed by atoms with E-state index in [0.29, 0.717) is 11.3 Å². The Kier molecular flexibility index (Phi) is 6.65. The summed E-state index contributed by atoms with van der Waals surface area (Å²) < 4.78 is 10.3. The van der Waals surface area contributed by atoms with E-state index in [4.69, 9.17) is 9.26 Å². The average molecular weight is 394 g/mol. The second-order valence-corrected chi connectivity index (χ2v) is 7.35. The fraction of sp³-hybridized carbons (Fsp3) is 0.348. The number of aryl methyl sites for hydroxylation is 1. The van der Waals surface area contributed by atoms with Gasteiger partial charge in [-0.3, -0.25) is 9.59 Å². The third-order valence-corrected chi connectivity index (χ3v) is 4.86. The predicted molar refractivity (Wildman–Crippen MR) is 110 cm³/mol. The van der Waals surface area contributed by atoms with E-state index in [-0.39, 0.29) is 30.9 Å². The van der Waals surface area contributed by atoms with Crippen LogP contribution in [0.1, 0.15) is 43.6 Å². The SMILES string of the molecule is CCc1ccc([C@H](NC(=O)COC(=O)Cc2noc3ccccc23)C(C)C)cc1. The van der Waals surface area contributed by atoms with Crippen molar-refractivity contribution >= 4 is 22.8 Å². The summed E-state index contributed by atoms with van der Waals surface area (Å²) in [4.78, 5) is 24.5.